The second-order valence-corrected chi connectivity index (χ2v) is 20.5. The van der Waals surface area contributed by atoms with Crippen LogP contribution < -0.4 is 21.7 Å². The zero-order chi connectivity index (χ0) is 38.2. The van der Waals surface area contributed by atoms with Crippen molar-refractivity contribution in [3.05, 3.63) is 35.4 Å². The van der Waals surface area contributed by atoms with E-state index in [4.69, 9.17) is 5.73 Å². The first-order valence-electron chi connectivity index (χ1n) is 19.1. The van der Waals surface area contributed by atoms with Crippen molar-refractivity contribution in [2.75, 3.05) is 12.3 Å². The van der Waals surface area contributed by atoms with Gasteiger partial charge in [-0.2, -0.15) is 0 Å². The van der Waals surface area contributed by atoms with Gasteiger partial charge in [0, 0.05) is 6.54 Å². The Balaban J connectivity index is 1.43. The normalized spacial score (nSPS) is 24.2. The maximum Gasteiger partial charge on any atom is 0.315 e. The molecule has 2 saturated carbocycles. The monoisotopic (exact) mass is 741 g/mol. The smallest absolute Gasteiger partial charge is 0.315 e. The van der Waals surface area contributed by atoms with Crippen molar-refractivity contribution in [2.24, 2.45) is 28.9 Å². The molecule has 5 N–H and O–H groups in total. The molecule has 1 aromatic rings. The number of Topliss-reactive ketones (excluding diaryl/α,β-unsaturated/α-hetero) is 1. The van der Waals surface area contributed by atoms with Gasteiger partial charge in [-0.25, -0.2) is 13.2 Å². The van der Waals surface area contributed by atoms with E-state index in [1.54, 1.807) is 20.8 Å². The van der Waals surface area contributed by atoms with Gasteiger partial charge in [0.05, 0.1) is 22.1 Å². The topological polar surface area (TPSA) is 185 Å². The number of ketones is 1. The molecule has 0 aromatic heterocycles. The minimum Gasteiger partial charge on any atom is -0.363 e. The number of nitrogens with two attached hydrogens (primary N) is 1. The van der Waals surface area contributed by atoms with Crippen LogP contribution in [0.2, 0.25) is 0 Å². The lowest BCUT2D eigenvalue weighted by Crippen LogP contribution is -2.63. The summed E-state index contributed by atoms with van der Waals surface area (Å²) in [7, 11) is -3.59. The maximum atomic E-state index is 14.9. The van der Waals surface area contributed by atoms with E-state index in [1.807, 2.05) is 45.0 Å². The number of primary amides is 1. The zero-order valence-corrected chi connectivity index (χ0v) is 32.6. The number of sulfone groups is 1. The summed E-state index contributed by atoms with van der Waals surface area (Å²) in [6.07, 6.45) is 7.72. The number of amides is 5. The molecule has 13 heteroatoms. The highest BCUT2D eigenvalue weighted by Gasteiger charge is 2.53. The van der Waals surface area contributed by atoms with Crippen LogP contribution >= 0.6 is 0 Å². The van der Waals surface area contributed by atoms with E-state index in [9.17, 15) is 32.4 Å². The van der Waals surface area contributed by atoms with Gasteiger partial charge in [-0.05, 0) is 87.2 Å². The Hall–Kier alpha value is -3.48. The molecular weight excluding hydrogens is 683 g/mol. The average Bonchev–Trinajstić information content (AvgIpc) is 3.57. The molecule has 52 heavy (non-hydrogen) atoms. The van der Waals surface area contributed by atoms with Crippen LogP contribution in [-0.2, 0) is 41.9 Å². The van der Waals surface area contributed by atoms with E-state index < -0.39 is 73.2 Å². The van der Waals surface area contributed by atoms with Crippen LogP contribution in [0, 0.1) is 23.2 Å². The van der Waals surface area contributed by atoms with Crippen LogP contribution in [0.1, 0.15) is 110 Å². The SMILES string of the molecule is CC1C(C(=O)NC(CC2CCC2)C(=O)C(N)=O)N(C(=O)[C@@H](NC(=O)NC2(CS(=O)(=O)C(C)(C)C)CCCCC2)C2Cc3ccccc3C2)CC1(C)C. The van der Waals surface area contributed by atoms with Crippen molar-refractivity contribution < 1.29 is 32.4 Å². The molecule has 4 aliphatic rings. The van der Waals surface area contributed by atoms with Gasteiger partial charge in [0.1, 0.15) is 12.1 Å². The van der Waals surface area contributed by atoms with Crippen LogP contribution in [0.25, 0.3) is 0 Å². The fraction of sp³-hybridized carbons (Fsp3) is 0.718. The third-order valence-corrected chi connectivity index (χ3v) is 15.3. The first-order chi connectivity index (χ1) is 24.2. The lowest BCUT2D eigenvalue weighted by Gasteiger charge is -2.40. The first-order valence-corrected chi connectivity index (χ1v) is 20.7. The number of likely N-dealkylation sites (tertiary alicyclic amines) is 1. The minimum atomic E-state index is -3.59. The van der Waals surface area contributed by atoms with Crippen LogP contribution in [0.4, 0.5) is 4.79 Å². The Morgan fingerprint density at radius 1 is 0.942 bits per heavy atom. The molecule has 0 spiro atoms. The van der Waals surface area contributed by atoms with Crippen LogP contribution in [-0.4, -0.2) is 83.6 Å². The van der Waals surface area contributed by atoms with Gasteiger partial charge in [-0.15, -0.1) is 0 Å². The van der Waals surface area contributed by atoms with Crippen molar-refractivity contribution >= 4 is 39.4 Å². The number of benzene rings is 1. The number of urea groups is 1. The summed E-state index contributed by atoms with van der Waals surface area (Å²) in [4.78, 5) is 69.6. The molecule has 1 aromatic carbocycles. The van der Waals surface area contributed by atoms with Crippen molar-refractivity contribution in [3.63, 3.8) is 0 Å². The summed E-state index contributed by atoms with van der Waals surface area (Å²) in [6, 6.07) is 4.23. The first kappa shape index (κ1) is 39.7. The average molecular weight is 742 g/mol. The van der Waals surface area contributed by atoms with Gasteiger partial charge in [-0.1, -0.05) is 83.6 Å². The Kier molecular flexibility index (Phi) is 11.5. The van der Waals surface area contributed by atoms with E-state index in [0.717, 1.165) is 49.7 Å². The standard InChI is InChI=1S/C39H59N5O7S/c1-24-31(34(47)41-29(32(45)33(40)46)19-25-13-12-14-25)44(22-38(24,5)6)35(48)30(28-20-26-15-8-9-16-27(26)21-28)42-36(49)43-39(17-10-7-11-18-39)23-52(50,51)37(2,3)4/h8-9,15-16,24-25,28-31H,7,10-14,17-23H2,1-6H3,(H2,40,46)(H,41,47)(H2,42,43,49)/t24?,29?,30-,31?/m0/s1. The molecule has 4 atom stereocenters. The number of nitrogens with zero attached hydrogens (tertiary/aromatic N) is 1. The van der Waals surface area contributed by atoms with Gasteiger partial charge in [0.15, 0.2) is 9.84 Å². The van der Waals surface area contributed by atoms with E-state index in [2.05, 4.69) is 16.0 Å². The third-order valence-electron chi connectivity index (χ3n) is 12.5. The largest absolute Gasteiger partial charge is 0.363 e. The zero-order valence-electron chi connectivity index (χ0n) is 31.8. The third kappa shape index (κ3) is 8.50. The summed E-state index contributed by atoms with van der Waals surface area (Å²) in [5, 5.41) is 8.87. The highest BCUT2D eigenvalue weighted by Crippen LogP contribution is 2.42. The Morgan fingerprint density at radius 3 is 2.06 bits per heavy atom. The fourth-order valence-electron chi connectivity index (χ4n) is 8.61. The van der Waals surface area contributed by atoms with Gasteiger partial charge < -0.3 is 26.6 Å². The Labute approximate surface area is 309 Å². The molecule has 1 heterocycles. The molecule has 3 aliphatic carbocycles. The molecule has 5 rings (SSSR count). The molecule has 1 aliphatic heterocycles. The second-order valence-electron chi connectivity index (χ2n) is 17.7. The van der Waals surface area contributed by atoms with Gasteiger partial charge >= 0.3 is 6.03 Å². The van der Waals surface area contributed by atoms with Crippen LogP contribution in [0.15, 0.2) is 24.3 Å². The van der Waals surface area contributed by atoms with Crippen molar-refractivity contribution in [1.29, 1.82) is 0 Å². The highest BCUT2D eigenvalue weighted by atomic mass is 32.2. The summed E-state index contributed by atoms with van der Waals surface area (Å²) >= 11 is 0. The number of hydrogen-bond acceptors (Lipinski definition) is 7. The van der Waals surface area contributed by atoms with Crippen molar-refractivity contribution in [2.45, 2.75) is 141 Å². The summed E-state index contributed by atoms with van der Waals surface area (Å²) < 4.78 is 25.9. The number of rotatable bonds is 12. The molecule has 1 saturated heterocycles. The predicted molar refractivity (Wildman–Crippen MR) is 199 cm³/mol. The van der Waals surface area contributed by atoms with E-state index >= 15 is 0 Å². The predicted octanol–water partition coefficient (Wildman–Crippen LogP) is 3.59. The molecular formula is C39H59N5O7S. The number of nitrogens with one attached hydrogen (secondary N) is 3. The van der Waals surface area contributed by atoms with E-state index in [-0.39, 0.29) is 30.1 Å². The number of hydrogen-bond donors (Lipinski definition) is 4. The molecule has 0 bridgehead atoms. The lowest BCUT2D eigenvalue weighted by molar-refractivity contribution is -0.143. The van der Waals surface area contributed by atoms with E-state index in [0.29, 0.717) is 32.1 Å². The summed E-state index contributed by atoms with van der Waals surface area (Å²) in [5.74, 6) is -3.55. The molecule has 5 amide bonds. The molecule has 12 nitrogen and oxygen atoms in total. The molecule has 3 unspecified atom stereocenters. The van der Waals surface area contributed by atoms with Crippen molar-refractivity contribution in [1.82, 2.24) is 20.9 Å². The molecule has 3 fully saturated rings. The second kappa shape index (κ2) is 15.1. The Morgan fingerprint density at radius 2 is 1.54 bits per heavy atom. The minimum absolute atomic E-state index is 0.198. The number of carbonyl (C=O) groups excluding carboxylic acids is 5. The summed E-state index contributed by atoms with van der Waals surface area (Å²) in [6.45, 7) is 11.1. The summed E-state index contributed by atoms with van der Waals surface area (Å²) in [5.41, 5.74) is 6.09. The lowest BCUT2D eigenvalue weighted by atomic mass is 9.79. The van der Waals surface area contributed by atoms with Crippen molar-refractivity contribution in [3.8, 4) is 0 Å². The number of carbonyl (C=O) groups is 5. The quantitative estimate of drug-likeness (QED) is 0.236. The highest BCUT2D eigenvalue weighted by molar-refractivity contribution is 7.92. The van der Waals surface area contributed by atoms with E-state index in [1.165, 1.54) is 4.90 Å². The van der Waals surface area contributed by atoms with Gasteiger partial charge in [0.25, 0.3) is 5.91 Å². The van der Waals surface area contributed by atoms with Crippen LogP contribution in [0.5, 0.6) is 0 Å². The van der Waals surface area contributed by atoms with Crippen LogP contribution in [0.3, 0.4) is 0 Å². The number of fused-ring (bicyclic) bond motifs is 1. The van der Waals surface area contributed by atoms with Gasteiger partial charge in [0.2, 0.25) is 17.6 Å². The Bertz CT molecular complexity index is 1630. The molecule has 0 radical (unpaired) electrons. The fourth-order valence-corrected chi connectivity index (χ4v) is 10.1. The molecule has 288 valence electrons. The maximum absolute atomic E-state index is 14.9. The van der Waals surface area contributed by atoms with Gasteiger partial charge in [-0.3, -0.25) is 19.2 Å².